The summed E-state index contributed by atoms with van der Waals surface area (Å²) in [4.78, 5) is 0. The van der Waals surface area contributed by atoms with Crippen molar-refractivity contribution in [2.24, 2.45) is 0 Å². The Bertz CT molecular complexity index is 154. The number of rotatable bonds is 5. The molecule has 0 aromatic carbocycles. The van der Waals surface area contributed by atoms with Crippen LogP contribution in [0.25, 0.3) is 0 Å². The van der Waals surface area contributed by atoms with Crippen LogP contribution in [0, 0.1) is 0 Å². The zero-order valence-electron chi connectivity index (χ0n) is 9.33. The summed E-state index contributed by atoms with van der Waals surface area (Å²) in [5.41, 5.74) is 0. The molecule has 84 valence electrons. The highest BCUT2D eigenvalue weighted by Crippen LogP contribution is 2.31. The first-order valence-corrected chi connectivity index (χ1v) is 6.64. The lowest BCUT2D eigenvalue weighted by Crippen LogP contribution is -2.33. The largest absolute Gasteiger partial charge is 0.396 e. The lowest BCUT2D eigenvalue weighted by molar-refractivity contribution is 0.288. The van der Waals surface area contributed by atoms with Crippen molar-refractivity contribution in [2.45, 2.75) is 55.6 Å². The van der Waals surface area contributed by atoms with E-state index in [4.69, 9.17) is 5.11 Å². The van der Waals surface area contributed by atoms with Gasteiger partial charge in [0.15, 0.2) is 0 Å². The molecule has 0 saturated heterocycles. The van der Waals surface area contributed by atoms with Gasteiger partial charge in [-0.2, -0.15) is 11.8 Å². The average Bonchev–Trinajstić information content (AvgIpc) is 2.18. The molecular weight excluding hydrogens is 194 g/mol. The summed E-state index contributed by atoms with van der Waals surface area (Å²) in [6.07, 6.45) is 6.29. The number of aliphatic hydroxyl groups excluding tert-OH is 1. The molecule has 1 aliphatic rings. The minimum absolute atomic E-state index is 0.330. The smallest absolute Gasteiger partial charge is 0.0441 e. The second-order valence-corrected chi connectivity index (χ2v) is 5.98. The highest BCUT2D eigenvalue weighted by Gasteiger charge is 2.22. The van der Waals surface area contributed by atoms with Gasteiger partial charge in [0.05, 0.1) is 0 Å². The van der Waals surface area contributed by atoms with E-state index in [1.165, 1.54) is 25.7 Å². The Hall–Kier alpha value is 0.270. The van der Waals surface area contributed by atoms with E-state index >= 15 is 0 Å². The Labute approximate surface area is 91.9 Å². The predicted octanol–water partition coefficient (Wildman–Crippen LogP) is 2.02. The third-order valence-electron chi connectivity index (χ3n) is 2.99. The van der Waals surface area contributed by atoms with Crippen molar-refractivity contribution in [3.05, 3.63) is 0 Å². The van der Waals surface area contributed by atoms with Crippen LogP contribution < -0.4 is 5.32 Å². The molecule has 0 amide bonds. The lowest BCUT2D eigenvalue weighted by Gasteiger charge is -2.30. The van der Waals surface area contributed by atoms with Crippen molar-refractivity contribution in [1.82, 2.24) is 5.32 Å². The Morgan fingerprint density at radius 1 is 1.50 bits per heavy atom. The van der Waals surface area contributed by atoms with E-state index in [9.17, 15) is 0 Å². The van der Waals surface area contributed by atoms with E-state index in [-0.39, 0.29) is 0 Å². The molecule has 1 saturated carbocycles. The quantitative estimate of drug-likeness (QED) is 0.739. The molecule has 3 unspecified atom stereocenters. The van der Waals surface area contributed by atoms with E-state index < -0.39 is 0 Å². The molecule has 2 N–H and O–H groups in total. The fourth-order valence-corrected chi connectivity index (χ4v) is 3.65. The third kappa shape index (κ3) is 4.20. The van der Waals surface area contributed by atoms with Gasteiger partial charge >= 0.3 is 0 Å². The maximum atomic E-state index is 8.84. The van der Waals surface area contributed by atoms with Crippen LogP contribution in [0.4, 0.5) is 0 Å². The number of nitrogens with one attached hydrogen (secondary N) is 1. The summed E-state index contributed by atoms with van der Waals surface area (Å²) in [5.74, 6) is 0. The zero-order chi connectivity index (χ0) is 10.4. The van der Waals surface area contributed by atoms with Crippen LogP contribution in [0.3, 0.4) is 0 Å². The van der Waals surface area contributed by atoms with Crippen LogP contribution in [0.2, 0.25) is 0 Å². The van der Waals surface area contributed by atoms with Crippen molar-refractivity contribution in [3.63, 3.8) is 0 Å². The molecule has 0 aromatic rings. The van der Waals surface area contributed by atoms with Gasteiger partial charge in [-0.25, -0.2) is 0 Å². The van der Waals surface area contributed by atoms with Gasteiger partial charge in [-0.15, -0.1) is 0 Å². The molecule has 0 aromatic heterocycles. The van der Waals surface area contributed by atoms with Crippen molar-refractivity contribution >= 4 is 11.8 Å². The summed E-state index contributed by atoms with van der Waals surface area (Å²) in [5, 5.41) is 13.6. The summed E-state index contributed by atoms with van der Waals surface area (Å²) in [7, 11) is 2.06. The lowest BCUT2D eigenvalue weighted by atomic mass is 9.95. The van der Waals surface area contributed by atoms with E-state index in [0.717, 1.165) is 17.7 Å². The predicted molar refractivity (Wildman–Crippen MR) is 63.9 cm³/mol. The molecule has 0 heterocycles. The van der Waals surface area contributed by atoms with E-state index in [0.29, 0.717) is 11.9 Å². The fourth-order valence-electron chi connectivity index (χ4n) is 2.11. The Morgan fingerprint density at radius 3 is 2.93 bits per heavy atom. The van der Waals surface area contributed by atoms with Gasteiger partial charge in [0.2, 0.25) is 0 Å². The molecule has 0 bridgehead atoms. The van der Waals surface area contributed by atoms with Crippen LogP contribution >= 0.6 is 11.8 Å². The highest BCUT2D eigenvalue weighted by molar-refractivity contribution is 8.00. The molecule has 14 heavy (non-hydrogen) atoms. The van der Waals surface area contributed by atoms with Crippen LogP contribution in [-0.2, 0) is 0 Å². The highest BCUT2D eigenvalue weighted by atomic mass is 32.2. The van der Waals surface area contributed by atoms with Crippen LogP contribution in [0.15, 0.2) is 0 Å². The Kier molecular flexibility index (Phi) is 5.90. The van der Waals surface area contributed by atoms with Gasteiger partial charge in [0.25, 0.3) is 0 Å². The maximum Gasteiger partial charge on any atom is 0.0441 e. The fraction of sp³-hybridized carbons (Fsp3) is 1.00. The second-order valence-electron chi connectivity index (χ2n) is 4.23. The molecule has 1 aliphatic carbocycles. The van der Waals surface area contributed by atoms with E-state index in [1.54, 1.807) is 0 Å². The van der Waals surface area contributed by atoms with Gasteiger partial charge in [-0.1, -0.05) is 13.3 Å². The standard InChI is InChI=1S/C11H23NOS/c1-9(6-7-13)14-11-5-3-4-10(8-11)12-2/h9-13H,3-8H2,1-2H3. The summed E-state index contributed by atoms with van der Waals surface area (Å²) in [6, 6.07) is 0.725. The van der Waals surface area contributed by atoms with E-state index in [1.807, 2.05) is 0 Å². The van der Waals surface area contributed by atoms with Gasteiger partial charge in [0.1, 0.15) is 0 Å². The van der Waals surface area contributed by atoms with E-state index in [2.05, 4.69) is 31.1 Å². The van der Waals surface area contributed by atoms with Crippen molar-refractivity contribution < 1.29 is 5.11 Å². The molecule has 0 aliphatic heterocycles. The number of hydrogen-bond acceptors (Lipinski definition) is 3. The number of aliphatic hydroxyl groups is 1. The van der Waals surface area contributed by atoms with Crippen LogP contribution in [0.5, 0.6) is 0 Å². The molecule has 3 atom stereocenters. The first-order valence-electron chi connectivity index (χ1n) is 5.69. The molecule has 2 nitrogen and oxygen atoms in total. The average molecular weight is 217 g/mol. The van der Waals surface area contributed by atoms with Crippen molar-refractivity contribution in [2.75, 3.05) is 13.7 Å². The summed E-state index contributed by atoms with van der Waals surface area (Å²) < 4.78 is 0. The molecule has 0 spiro atoms. The topological polar surface area (TPSA) is 32.3 Å². The second kappa shape index (κ2) is 6.70. The first kappa shape index (κ1) is 12.3. The van der Waals surface area contributed by atoms with Crippen LogP contribution in [-0.4, -0.2) is 35.3 Å². The molecule has 1 fully saturated rings. The minimum Gasteiger partial charge on any atom is -0.396 e. The van der Waals surface area contributed by atoms with Gasteiger partial charge < -0.3 is 10.4 Å². The Morgan fingerprint density at radius 2 is 2.29 bits per heavy atom. The summed E-state index contributed by atoms with van der Waals surface area (Å²) >= 11 is 2.06. The third-order valence-corrected chi connectivity index (χ3v) is 4.51. The Balaban J connectivity index is 2.22. The van der Waals surface area contributed by atoms with Gasteiger partial charge in [0, 0.05) is 23.1 Å². The van der Waals surface area contributed by atoms with Crippen LogP contribution in [0.1, 0.15) is 39.0 Å². The molecular formula is C11H23NOS. The summed E-state index contributed by atoms with van der Waals surface area (Å²) in [6.45, 7) is 2.56. The number of hydrogen-bond donors (Lipinski definition) is 2. The molecule has 1 rings (SSSR count). The molecule has 3 heteroatoms. The number of thioether (sulfide) groups is 1. The first-order chi connectivity index (χ1) is 6.76. The van der Waals surface area contributed by atoms with Gasteiger partial charge in [-0.05, 0) is 32.7 Å². The minimum atomic E-state index is 0.330. The normalized spacial score (nSPS) is 30.2. The zero-order valence-corrected chi connectivity index (χ0v) is 10.1. The van der Waals surface area contributed by atoms with Crippen molar-refractivity contribution in [3.8, 4) is 0 Å². The van der Waals surface area contributed by atoms with Crippen molar-refractivity contribution in [1.29, 1.82) is 0 Å². The molecule has 0 radical (unpaired) electrons. The maximum absolute atomic E-state index is 8.84. The van der Waals surface area contributed by atoms with Gasteiger partial charge in [-0.3, -0.25) is 0 Å². The monoisotopic (exact) mass is 217 g/mol. The SMILES string of the molecule is CNC1CCCC(SC(C)CCO)C1.